The van der Waals surface area contributed by atoms with Crippen LogP contribution < -0.4 is 5.32 Å². The first-order valence-electron chi connectivity index (χ1n) is 6.26. The van der Waals surface area contributed by atoms with Crippen molar-refractivity contribution >= 4 is 5.69 Å². The highest BCUT2D eigenvalue weighted by Crippen LogP contribution is 2.46. The van der Waals surface area contributed by atoms with Gasteiger partial charge in [-0.15, -0.1) is 0 Å². The van der Waals surface area contributed by atoms with Crippen LogP contribution >= 0.6 is 0 Å². The van der Waals surface area contributed by atoms with Crippen molar-refractivity contribution in [3.05, 3.63) is 54.1 Å². The zero-order valence-electron chi connectivity index (χ0n) is 10.7. The second-order valence-corrected chi connectivity index (χ2v) is 5.57. The van der Waals surface area contributed by atoms with Crippen molar-refractivity contribution < 1.29 is 0 Å². The molecule has 0 bridgehead atoms. The minimum atomic E-state index is 0.208. The quantitative estimate of drug-likeness (QED) is 0.874. The maximum absolute atomic E-state index is 4.06. The Morgan fingerprint density at radius 2 is 1.89 bits per heavy atom. The number of rotatable bonds is 2. The molecule has 18 heavy (non-hydrogen) atoms. The monoisotopic (exact) mass is 239 g/mol. The molecule has 0 aliphatic heterocycles. The van der Waals surface area contributed by atoms with Gasteiger partial charge in [-0.05, 0) is 23.0 Å². The highest BCUT2D eigenvalue weighted by molar-refractivity contribution is 5.47. The van der Waals surface area contributed by atoms with Crippen molar-refractivity contribution in [2.45, 2.75) is 26.3 Å². The summed E-state index contributed by atoms with van der Waals surface area (Å²) in [5.74, 6) is 0. The lowest BCUT2D eigenvalue weighted by Crippen LogP contribution is -2.24. The van der Waals surface area contributed by atoms with Crippen molar-refractivity contribution in [2.24, 2.45) is 5.41 Å². The molecule has 1 aliphatic rings. The zero-order valence-corrected chi connectivity index (χ0v) is 10.7. The largest absolute Gasteiger partial charge is 0.375 e. The van der Waals surface area contributed by atoms with Crippen LogP contribution in [-0.4, -0.2) is 9.97 Å². The molecule has 0 saturated carbocycles. The molecule has 1 aliphatic carbocycles. The molecule has 0 radical (unpaired) electrons. The molecular formula is C15H17N3. The smallest absolute Gasteiger partial charge is 0.115 e. The Kier molecular flexibility index (Phi) is 2.54. The number of nitrogens with one attached hydrogen (secondary N) is 1. The van der Waals surface area contributed by atoms with Gasteiger partial charge in [0.2, 0.25) is 0 Å². The Morgan fingerprint density at radius 3 is 2.67 bits per heavy atom. The molecule has 1 N–H and O–H groups in total. The molecule has 3 heteroatoms. The fourth-order valence-corrected chi connectivity index (χ4v) is 2.80. The van der Waals surface area contributed by atoms with Crippen LogP contribution in [0.5, 0.6) is 0 Å². The number of hydrogen-bond acceptors (Lipinski definition) is 3. The van der Waals surface area contributed by atoms with Crippen LogP contribution in [0.3, 0.4) is 0 Å². The SMILES string of the molecule is CC1(C)Cc2ccccc2C1Nc1cncnc1. The Hall–Kier alpha value is -1.90. The Labute approximate surface area is 107 Å². The highest BCUT2D eigenvalue weighted by atomic mass is 15.0. The number of benzene rings is 1. The van der Waals surface area contributed by atoms with Crippen LogP contribution in [-0.2, 0) is 6.42 Å². The minimum Gasteiger partial charge on any atom is -0.375 e. The topological polar surface area (TPSA) is 37.8 Å². The summed E-state index contributed by atoms with van der Waals surface area (Å²) in [6.45, 7) is 4.60. The van der Waals surface area contributed by atoms with Gasteiger partial charge in [0, 0.05) is 0 Å². The van der Waals surface area contributed by atoms with Gasteiger partial charge in [-0.1, -0.05) is 38.1 Å². The van der Waals surface area contributed by atoms with Gasteiger partial charge >= 0.3 is 0 Å². The van der Waals surface area contributed by atoms with Gasteiger partial charge in [0.15, 0.2) is 0 Å². The summed E-state index contributed by atoms with van der Waals surface area (Å²) in [7, 11) is 0. The highest BCUT2D eigenvalue weighted by Gasteiger charge is 2.38. The van der Waals surface area contributed by atoms with E-state index in [1.807, 2.05) is 12.4 Å². The van der Waals surface area contributed by atoms with Gasteiger partial charge in [0.25, 0.3) is 0 Å². The molecular weight excluding hydrogens is 222 g/mol. The minimum absolute atomic E-state index is 0.208. The first-order chi connectivity index (χ1) is 8.67. The predicted molar refractivity (Wildman–Crippen MR) is 72.3 cm³/mol. The molecule has 1 heterocycles. The average Bonchev–Trinajstić information content (AvgIpc) is 2.62. The summed E-state index contributed by atoms with van der Waals surface area (Å²) in [6.07, 6.45) is 6.31. The molecule has 0 amide bonds. The van der Waals surface area contributed by atoms with Gasteiger partial charge in [-0.3, -0.25) is 0 Å². The number of aromatic nitrogens is 2. The van der Waals surface area contributed by atoms with Gasteiger partial charge in [0.05, 0.1) is 24.1 Å². The first kappa shape index (κ1) is 11.2. The molecule has 2 aromatic rings. The lowest BCUT2D eigenvalue weighted by molar-refractivity contribution is 0.337. The third kappa shape index (κ3) is 1.86. The molecule has 1 aromatic carbocycles. The number of anilines is 1. The molecule has 0 spiro atoms. The van der Waals surface area contributed by atoms with Crippen LogP contribution in [0, 0.1) is 5.41 Å². The second-order valence-electron chi connectivity index (χ2n) is 5.57. The lowest BCUT2D eigenvalue weighted by atomic mass is 9.85. The van der Waals surface area contributed by atoms with Crippen LogP contribution in [0.1, 0.15) is 31.0 Å². The first-order valence-corrected chi connectivity index (χ1v) is 6.26. The third-order valence-corrected chi connectivity index (χ3v) is 3.67. The zero-order chi connectivity index (χ0) is 12.6. The third-order valence-electron chi connectivity index (χ3n) is 3.67. The van der Waals surface area contributed by atoms with Crippen molar-refractivity contribution in [1.29, 1.82) is 0 Å². The standard InChI is InChI=1S/C15H17N3/c1-15(2)7-11-5-3-4-6-13(11)14(15)18-12-8-16-10-17-9-12/h3-6,8-10,14,18H,7H2,1-2H3. The van der Waals surface area contributed by atoms with Crippen LogP contribution in [0.25, 0.3) is 0 Å². The summed E-state index contributed by atoms with van der Waals surface area (Å²) >= 11 is 0. The predicted octanol–water partition coefficient (Wildman–Crippen LogP) is 3.21. The molecule has 1 atom stereocenters. The molecule has 92 valence electrons. The van der Waals surface area contributed by atoms with E-state index >= 15 is 0 Å². The Balaban J connectivity index is 1.95. The summed E-state index contributed by atoms with van der Waals surface area (Å²) < 4.78 is 0. The van der Waals surface area contributed by atoms with Crippen LogP contribution in [0.15, 0.2) is 43.0 Å². The van der Waals surface area contributed by atoms with Crippen LogP contribution in [0.4, 0.5) is 5.69 Å². The number of nitrogens with zero attached hydrogens (tertiary/aromatic N) is 2. The van der Waals surface area contributed by atoms with E-state index < -0.39 is 0 Å². The van der Waals surface area contributed by atoms with Crippen molar-refractivity contribution in [1.82, 2.24) is 9.97 Å². The Bertz CT molecular complexity index is 549. The van der Waals surface area contributed by atoms with E-state index in [4.69, 9.17) is 0 Å². The fraction of sp³-hybridized carbons (Fsp3) is 0.333. The molecule has 1 aromatic heterocycles. The van der Waals surface area contributed by atoms with Gasteiger partial charge < -0.3 is 5.32 Å². The van der Waals surface area contributed by atoms with Gasteiger partial charge in [-0.2, -0.15) is 0 Å². The fourth-order valence-electron chi connectivity index (χ4n) is 2.80. The van der Waals surface area contributed by atoms with Crippen LogP contribution in [0.2, 0.25) is 0 Å². The number of hydrogen-bond donors (Lipinski definition) is 1. The van der Waals surface area contributed by atoms with Crippen molar-refractivity contribution in [3.63, 3.8) is 0 Å². The molecule has 3 rings (SSSR count). The van der Waals surface area contributed by atoms with E-state index in [0.29, 0.717) is 6.04 Å². The summed E-state index contributed by atoms with van der Waals surface area (Å²) in [5.41, 5.74) is 4.02. The second kappa shape index (κ2) is 4.09. The molecule has 3 nitrogen and oxygen atoms in total. The van der Waals surface area contributed by atoms with E-state index in [0.717, 1.165) is 12.1 Å². The van der Waals surface area contributed by atoms with Gasteiger partial charge in [-0.25, -0.2) is 9.97 Å². The van der Waals surface area contributed by atoms with E-state index in [1.54, 1.807) is 6.33 Å². The molecule has 0 fully saturated rings. The molecule has 1 unspecified atom stereocenters. The molecule has 0 saturated heterocycles. The van der Waals surface area contributed by atoms with Crippen molar-refractivity contribution in [2.75, 3.05) is 5.32 Å². The summed E-state index contributed by atoms with van der Waals surface area (Å²) in [5, 5.41) is 3.56. The van der Waals surface area contributed by atoms with E-state index in [-0.39, 0.29) is 5.41 Å². The maximum Gasteiger partial charge on any atom is 0.115 e. The summed E-state index contributed by atoms with van der Waals surface area (Å²) in [4.78, 5) is 8.11. The van der Waals surface area contributed by atoms with E-state index in [1.165, 1.54) is 11.1 Å². The van der Waals surface area contributed by atoms with Crippen molar-refractivity contribution in [3.8, 4) is 0 Å². The average molecular weight is 239 g/mol. The van der Waals surface area contributed by atoms with E-state index in [9.17, 15) is 0 Å². The van der Waals surface area contributed by atoms with E-state index in [2.05, 4.69) is 53.4 Å². The normalized spacial score (nSPS) is 20.4. The maximum atomic E-state index is 4.06. The lowest BCUT2D eigenvalue weighted by Gasteiger charge is -2.29. The summed E-state index contributed by atoms with van der Waals surface area (Å²) in [6, 6.07) is 8.98. The Morgan fingerprint density at radius 1 is 1.17 bits per heavy atom. The number of fused-ring (bicyclic) bond motifs is 1. The van der Waals surface area contributed by atoms with Gasteiger partial charge in [0.1, 0.15) is 6.33 Å².